The van der Waals surface area contributed by atoms with Crippen LogP contribution in [-0.4, -0.2) is 39.3 Å². The average Bonchev–Trinajstić information content (AvgIpc) is 2.77. The van der Waals surface area contributed by atoms with Crippen LogP contribution in [0.2, 0.25) is 0 Å². The molecule has 0 unspecified atom stereocenters. The molecule has 1 aliphatic rings. The molecule has 0 aliphatic heterocycles. The van der Waals surface area contributed by atoms with Gasteiger partial charge in [0.15, 0.2) is 5.96 Å². The third-order valence-corrected chi connectivity index (χ3v) is 4.21. The van der Waals surface area contributed by atoms with Gasteiger partial charge in [0.25, 0.3) is 0 Å². The van der Waals surface area contributed by atoms with Gasteiger partial charge < -0.3 is 11.1 Å². The van der Waals surface area contributed by atoms with Crippen LogP contribution in [0.5, 0.6) is 0 Å². The predicted molar refractivity (Wildman–Crippen MR) is 84.8 cm³/mol. The van der Waals surface area contributed by atoms with E-state index in [1.165, 1.54) is 12.8 Å². The van der Waals surface area contributed by atoms with Crippen molar-refractivity contribution in [3.63, 3.8) is 0 Å². The highest BCUT2D eigenvalue weighted by molar-refractivity contribution is 14.0. The summed E-state index contributed by atoms with van der Waals surface area (Å²) in [7, 11) is -3.12. The number of hydrogen-bond donors (Lipinski definition) is 3. The fraction of sp³-hybridized carbons (Fsp3) is 0.900. The second kappa shape index (κ2) is 8.92. The van der Waals surface area contributed by atoms with E-state index in [0.29, 0.717) is 25.1 Å². The molecule has 18 heavy (non-hydrogen) atoms. The Labute approximate surface area is 126 Å². The van der Waals surface area contributed by atoms with Crippen molar-refractivity contribution in [2.75, 3.05) is 18.8 Å². The molecule has 1 rings (SSSR count). The lowest BCUT2D eigenvalue weighted by molar-refractivity contribution is 0.583. The number of halogens is 1. The summed E-state index contributed by atoms with van der Waals surface area (Å²) < 4.78 is 24.7. The summed E-state index contributed by atoms with van der Waals surface area (Å²) in [5.41, 5.74) is 5.70. The number of guanidine groups is 1. The molecule has 6 nitrogen and oxygen atoms in total. The first-order valence-electron chi connectivity index (χ1n) is 6.07. The molecule has 0 atom stereocenters. The molecule has 0 heterocycles. The minimum Gasteiger partial charge on any atom is -0.370 e. The van der Waals surface area contributed by atoms with E-state index < -0.39 is 10.0 Å². The van der Waals surface area contributed by atoms with E-state index in [4.69, 9.17) is 5.73 Å². The van der Waals surface area contributed by atoms with E-state index in [1.54, 1.807) is 6.92 Å². The van der Waals surface area contributed by atoms with Gasteiger partial charge in [-0.1, -0.05) is 12.8 Å². The van der Waals surface area contributed by atoms with Crippen molar-refractivity contribution < 1.29 is 8.42 Å². The van der Waals surface area contributed by atoms with Crippen molar-refractivity contribution in [3.8, 4) is 0 Å². The molecule has 0 aromatic carbocycles. The highest BCUT2D eigenvalue weighted by Crippen LogP contribution is 2.17. The highest BCUT2D eigenvalue weighted by Gasteiger charge is 2.14. The largest absolute Gasteiger partial charge is 0.370 e. The molecule has 0 radical (unpaired) electrons. The monoisotopic (exact) mass is 390 g/mol. The molecule has 1 aliphatic carbocycles. The van der Waals surface area contributed by atoms with Gasteiger partial charge in [-0.25, -0.2) is 13.1 Å². The van der Waals surface area contributed by atoms with Crippen LogP contribution in [0.25, 0.3) is 0 Å². The fourth-order valence-corrected chi connectivity index (χ4v) is 2.41. The molecule has 0 spiro atoms. The maximum absolute atomic E-state index is 11.1. The van der Waals surface area contributed by atoms with Gasteiger partial charge in [-0.3, -0.25) is 4.99 Å². The van der Waals surface area contributed by atoms with E-state index >= 15 is 0 Å². The third kappa shape index (κ3) is 7.37. The number of sulfonamides is 1. The Kier molecular flexibility index (Phi) is 8.87. The third-order valence-electron chi connectivity index (χ3n) is 2.80. The summed E-state index contributed by atoms with van der Waals surface area (Å²) in [6, 6.07) is 0.436. The quantitative estimate of drug-likeness (QED) is 0.265. The summed E-state index contributed by atoms with van der Waals surface area (Å²) in [5, 5.41) is 3.14. The lowest BCUT2D eigenvalue weighted by Crippen LogP contribution is -2.39. The van der Waals surface area contributed by atoms with E-state index in [-0.39, 0.29) is 29.7 Å². The summed E-state index contributed by atoms with van der Waals surface area (Å²) in [5.74, 6) is 0.500. The fourth-order valence-electron chi connectivity index (χ4n) is 1.80. The van der Waals surface area contributed by atoms with Crippen LogP contribution < -0.4 is 15.8 Å². The number of aliphatic imine (C=N–C) groups is 1. The number of nitrogens with one attached hydrogen (secondary N) is 2. The summed E-state index contributed by atoms with van der Waals surface area (Å²) in [4.78, 5) is 4.08. The lowest BCUT2D eigenvalue weighted by atomic mass is 10.2. The number of nitrogens with two attached hydrogens (primary N) is 1. The Balaban J connectivity index is 0.00000289. The van der Waals surface area contributed by atoms with E-state index in [1.807, 2.05) is 0 Å². The molecule has 0 amide bonds. The van der Waals surface area contributed by atoms with Gasteiger partial charge >= 0.3 is 0 Å². The molecule has 0 saturated heterocycles. The smallest absolute Gasteiger partial charge is 0.211 e. The Morgan fingerprint density at radius 3 is 2.56 bits per heavy atom. The van der Waals surface area contributed by atoms with Gasteiger partial charge in [-0.05, 0) is 19.8 Å². The Bertz CT molecular complexity index is 353. The predicted octanol–water partition coefficient (Wildman–Crippen LogP) is 0.391. The maximum Gasteiger partial charge on any atom is 0.211 e. The van der Waals surface area contributed by atoms with Crippen molar-refractivity contribution in [3.05, 3.63) is 0 Å². The standard InChI is InChI=1S/C10H22N4O2S.HI/c1-2-17(15,16)13-8-7-12-10(11)14-9-5-3-4-6-9;/h9,13H,2-8H2,1H3,(H3,11,12,14);1H. The van der Waals surface area contributed by atoms with Gasteiger partial charge in [0.2, 0.25) is 10.0 Å². The SMILES string of the molecule is CCS(=O)(=O)NCCN=C(N)NC1CCCC1.I. The summed E-state index contributed by atoms with van der Waals surface area (Å²) >= 11 is 0. The molecular weight excluding hydrogens is 367 g/mol. The Morgan fingerprint density at radius 2 is 2.00 bits per heavy atom. The second-order valence-corrected chi connectivity index (χ2v) is 6.29. The number of rotatable bonds is 6. The minimum absolute atomic E-state index is 0. The molecule has 0 bridgehead atoms. The topological polar surface area (TPSA) is 96.6 Å². The molecule has 8 heteroatoms. The molecule has 0 aromatic rings. The number of hydrogen-bond acceptors (Lipinski definition) is 3. The first kappa shape index (κ1) is 17.9. The van der Waals surface area contributed by atoms with Crippen molar-refractivity contribution in [1.29, 1.82) is 0 Å². The summed E-state index contributed by atoms with van der Waals surface area (Å²) in [6.45, 7) is 2.26. The Hall–Kier alpha value is -0.0900. The van der Waals surface area contributed by atoms with Gasteiger partial charge in [-0.2, -0.15) is 0 Å². The van der Waals surface area contributed by atoms with Gasteiger partial charge in [0, 0.05) is 12.6 Å². The normalized spacial score (nSPS) is 17.5. The zero-order chi connectivity index (χ0) is 12.7. The molecular formula is C10H23IN4O2S. The molecule has 0 aromatic heterocycles. The van der Waals surface area contributed by atoms with Crippen LogP contribution in [0, 0.1) is 0 Å². The zero-order valence-electron chi connectivity index (χ0n) is 10.7. The highest BCUT2D eigenvalue weighted by atomic mass is 127. The molecule has 1 fully saturated rings. The zero-order valence-corrected chi connectivity index (χ0v) is 13.8. The van der Waals surface area contributed by atoms with Crippen molar-refractivity contribution in [2.24, 2.45) is 10.7 Å². The average molecular weight is 390 g/mol. The Morgan fingerprint density at radius 1 is 1.39 bits per heavy atom. The minimum atomic E-state index is -3.12. The van der Waals surface area contributed by atoms with Crippen molar-refractivity contribution in [1.82, 2.24) is 10.0 Å². The van der Waals surface area contributed by atoms with Crippen molar-refractivity contribution >= 4 is 40.0 Å². The second-order valence-electron chi connectivity index (χ2n) is 4.19. The van der Waals surface area contributed by atoms with Crippen molar-refractivity contribution in [2.45, 2.75) is 38.6 Å². The first-order chi connectivity index (χ1) is 8.03. The lowest BCUT2D eigenvalue weighted by Gasteiger charge is -2.12. The number of nitrogens with zero attached hydrogens (tertiary/aromatic N) is 1. The van der Waals surface area contributed by atoms with Crippen LogP contribution in [0.4, 0.5) is 0 Å². The van der Waals surface area contributed by atoms with Crippen LogP contribution in [-0.2, 0) is 10.0 Å². The van der Waals surface area contributed by atoms with Crippen LogP contribution >= 0.6 is 24.0 Å². The molecule has 108 valence electrons. The van der Waals surface area contributed by atoms with Gasteiger partial charge in [-0.15, -0.1) is 24.0 Å². The van der Waals surface area contributed by atoms with Crippen LogP contribution in [0.1, 0.15) is 32.6 Å². The van der Waals surface area contributed by atoms with E-state index in [9.17, 15) is 8.42 Å². The van der Waals surface area contributed by atoms with Crippen LogP contribution in [0.15, 0.2) is 4.99 Å². The van der Waals surface area contributed by atoms with Gasteiger partial charge in [0.1, 0.15) is 0 Å². The first-order valence-corrected chi connectivity index (χ1v) is 7.72. The van der Waals surface area contributed by atoms with Gasteiger partial charge in [0.05, 0.1) is 12.3 Å². The molecule has 1 saturated carbocycles. The van der Waals surface area contributed by atoms with E-state index in [0.717, 1.165) is 12.8 Å². The van der Waals surface area contributed by atoms with Crippen LogP contribution in [0.3, 0.4) is 0 Å². The van der Waals surface area contributed by atoms with E-state index in [2.05, 4.69) is 15.0 Å². The maximum atomic E-state index is 11.1. The summed E-state index contributed by atoms with van der Waals surface area (Å²) in [6.07, 6.45) is 4.75. The molecule has 4 N–H and O–H groups in total.